The van der Waals surface area contributed by atoms with Gasteiger partial charge in [0.2, 0.25) is 0 Å². The van der Waals surface area contributed by atoms with Gasteiger partial charge in [-0.05, 0) is 39.0 Å². The van der Waals surface area contributed by atoms with Crippen LogP contribution in [0.5, 0.6) is 0 Å². The number of nitrogens with two attached hydrogens (primary N) is 1. The van der Waals surface area contributed by atoms with Gasteiger partial charge in [0.15, 0.2) is 19.7 Å². The van der Waals surface area contributed by atoms with Crippen molar-refractivity contribution in [1.29, 1.82) is 0 Å². The lowest BCUT2D eigenvalue weighted by Crippen LogP contribution is -2.33. The second-order valence-electron chi connectivity index (χ2n) is 5.43. The van der Waals surface area contributed by atoms with Gasteiger partial charge >= 0.3 is 0 Å². The van der Waals surface area contributed by atoms with Crippen LogP contribution in [-0.4, -0.2) is 33.1 Å². The van der Waals surface area contributed by atoms with E-state index >= 15 is 0 Å². The molecule has 8 heteroatoms. The zero-order valence-corrected chi connectivity index (χ0v) is 13.9. The first-order valence-corrected chi connectivity index (χ1v) is 9.55. The monoisotopic (exact) mass is 339 g/mol. The second kappa shape index (κ2) is 5.54. The second-order valence-corrected chi connectivity index (χ2v) is 10.8. The van der Waals surface area contributed by atoms with Gasteiger partial charge in [0.25, 0.3) is 0 Å². The molecule has 1 aromatic rings. The van der Waals surface area contributed by atoms with Crippen molar-refractivity contribution in [1.82, 2.24) is 0 Å². The van der Waals surface area contributed by atoms with Gasteiger partial charge in [-0.15, -0.1) is 0 Å². The molecule has 0 unspecified atom stereocenters. The molecule has 0 aromatic heterocycles. The molecule has 5 nitrogen and oxygen atoms in total. The molecule has 0 aliphatic carbocycles. The fourth-order valence-corrected chi connectivity index (χ4v) is 4.90. The van der Waals surface area contributed by atoms with Crippen molar-refractivity contribution in [2.45, 2.75) is 30.4 Å². The number of nitrogen functional groups attached to an aromatic ring is 1. The fraction of sp³-hybridized carbons (Fsp3) is 0.500. The van der Waals surface area contributed by atoms with E-state index in [1.54, 1.807) is 0 Å². The third-order valence-electron chi connectivity index (χ3n) is 2.86. The highest BCUT2D eigenvalue weighted by Gasteiger charge is 2.31. The lowest BCUT2D eigenvalue weighted by atomic mass is 10.3. The number of halogens is 1. The maximum atomic E-state index is 12.2. The van der Waals surface area contributed by atoms with Crippen molar-refractivity contribution >= 4 is 37.0 Å². The molecule has 0 amide bonds. The molecular formula is C12H18ClNO4S2. The molecule has 20 heavy (non-hydrogen) atoms. The highest BCUT2D eigenvalue weighted by molar-refractivity contribution is 7.95. The van der Waals surface area contributed by atoms with Crippen molar-refractivity contribution in [3.63, 3.8) is 0 Å². The molecule has 0 saturated heterocycles. The van der Waals surface area contributed by atoms with Crippen molar-refractivity contribution in [3.8, 4) is 0 Å². The molecule has 114 valence electrons. The van der Waals surface area contributed by atoms with E-state index in [0.29, 0.717) is 5.02 Å². The van der Waals surface area contributed by atoms with Gasteiger partial charge in [0.1, 0.15) is 0 Å². The zero-order valence-electron chi connectivity index (χ0n) is 11.6. The van der Waals surface area contributed by atoms with Crippen LogP contribution in [0.25, 0.3) is 0 Å². The molecule has 0 fully saturated rings. The predicted molar refractivity (Wildman–Crippen MR) is 81.5 cm³/mol. The molecular weight excluding hydrogens is 322 g/mol. The Labute approximate surface area is 125 Å². The van der Waals surface area contributed by atoms with Crippen molar-refractivity contribution < 1.29 is 16.8 Å². The first-order chi connectivity index (χ1) is 8.87. The Bertz CT molecular complexity index is 703. The number of hydrogen-bond acceptors (Lipinski definition) is 5. The van der Waals surface area contributed by atoms with Gasteiger partial charge in [-0.2, -0.15) is 0 Å². The van der Waals surface area contributed by atoms with E-state index in [2.05, 4.69) is 0 Å². The van der Waals surface area contributed by atoms with Gasteiger partial charge in [-0.1, -0.05) is 11.6 Å². The number of benzene rings is 1. The Kier molecular flexibility index (Phi) is 4.78. The molecule has 0 saturated carbocycles. The highest BCUT2D eigenvalue weighted by atomic mass is 35.5. The predicted octanol–water partition coefficient (Wildman–Crippen LogP) is 1.91. The molecule has 0 spiro atoms. The molecule has 0 bridgehead atoms. The van der Waals surface area contributed by atoms with Crippen molar-refractivity contribution in [3.05, 3.63) is 23.2 Å². The number of anilines is 1. The van der Waals surface area contributed by atoms with Crippen LogP contribution in [0.2, 0.25) is 5.02 Å². The largest absolute Gasteiger partial charge is 0.398 e. The maximum Gasteiger partial charge on any atom is 0.181 e. The first-order valence-electron chi connectivity index (χ1n) is 5.87. The Morgan fingerprint density at radius 1 is 1.10 bits per heavy atom. The quantitative estimate of drug-likeness (QED) is 0.845. The van der Waals surface area contributed by atoms with Gasteiger partial charge < -0.3 is 5.73 Å². The minimum atomic E-state index is -3.76. The topological polar surface area (TPSA) is 94.3 Å². The summed E-state index contributed by atoms with van der Waals surface area (Å²) in [4.78, 5) is -0.0917. The van der Waals surface area contributed by atoms with Crippen LogP contribution in [0, 0.1) is 0 Å². The summed E-state index contributed by atoms with van der Waals surface area (Å²) in [7, 11) is -7.27. The van der Waals surface area contributed by atoms with Crippen LogP contribution in [0.4, 0.5) is 5.69 Å². The third kappa shape index (κ3) is 3.86. The number of sulfone groups is 2. The van der Waals surface area contributed by atoms with Crippen molar-refractivity contribution in [2.24, 2.45) is 0 Å². The number of rotatable bonds is 4. The summed E-state index contributed by atoms with van der Waals surface area (Å²) in [6.45, 7) is 4.60. The molecule has 0 heterocycles. The average Bonchev–Trinajstić information content (AvgIpc) is 2.24. The van der Waals surface area contributed by atoms with E-state index in [9.17, 15) is 16.8 Å². The third-order valence-corrected chi connectivity index (χ3v) is 7.75. The number of hydrogen-bond donors (Lipinski definition) is 1. The average molecular weight is 340 g/mol. The van der Waals surface area contributed by atoms with E-state index in [0.717, 1.165) is 0 Å². The van der Waals surface area contributed by atoms with Crippen LogP contribution in [0.15, 0.2) is 23.1 Å². The lowest BCUT2D eigenvalue weighted by molar-refractivity contribution is 0.559. The van der Waals surface area contributed by atoms with Gasteiger partial charge in [-0.25, -0.2) is 16.8 Å². The lowest BCUT2D eigenvalue weighted by Gasteiger charge is -2.19. The Morgan fingerprint density at radius 3 is 2.10 bits per heavy atom. The SMILES string of the molecule is CC(C)(C)S(=O)(=O)CCS(=O)(=O)c1ccc(Cl)cc1N. The minimum absolute atomic E-state index is 0.0191. The molecule has 0 radical (unpaired) electrons. The standard InChI is InChI=1S/C12H18ClNO4S2/c1-12(2,3)20(17,18)7-6-19(15,16)11-5-4-9(13)8-10(11)14/h4-5,8H,6-7,14H2,1-3H3. The molecule has 0 aliphatic heterocycles. The van der Waals surface area contributed by atoms with Crippen LogP contribution in [0.1, 0.15) is 20.8 Å². The Morgan fingerprint density at radius 2 is 1.65 bits per heavy atom. The molecule has 0 atom stereocenters. The van der Waals surface area contributed by atoms with E-state index in [1.807, 2.05) is 0 Å². The molecule has 0 aliphatic rings. The first kappa shape index (κ1) is 17.3. The normalized spacial score (nSPS) is 13.4. The Hall–Kier alpha value is -0.790. The van der Waals surface area contributed by atoms with E-state index < -0.39 is 35.9 Å². The summed E-state index contributed by atoms with van der Waals surface area (Å²) < 4.78 is 47.2. The summed E-state index contributed by atoms with van der Waals surface area (Å²) in [6.07, 6.45) is 0. The molecule has 1 rings (SSSR count). The summed E-state index contributed by atoms with van der Waals surface area (Å²) in [6, 6.07) is 4.02. The summed E-state index contributed by atoms with van der Waals surface area (Å²) >= 11 is 5.71. The minimum Gasteiger partial charge on any atom is -0.398 e. The highest BCUT2D eigenvalue weighted by Crippen LogP contribution is 2.24. The van der Waals surface area contributed by atoms with Gasteiger partial charge in [0.05, 0.1) is 26.8 Å². The van der Waals surface area contributed by atoms with Crippen LogP contribution in [0.3, 0.4) is 0 Å². The van der Waals surface area contributed by atoms with E-state index in [4.69, 9.17) is 17.3 Å². The zero-order chi connectivity index (χ0) is 15.8. The van der Waals surface area contributed by atoms with Crippen LogP contribution < -0.4 is 5.73 Å². The summed E-state index contributed by atoms with van der Waals surface area (Å²) in [5.41, 5.74) is 5.64. The van der Waals surface area contributed by atoms with E-state index in [1.165, 1.54) is 39.0 Å². The maximum absolute atomic E-state index is 12.2. The summed E-state index contributed by atoms with van der Waals surface area (Å²) in [5, 5.41) is 0.323. The van der Waals surface area contributed by atoms with Crippen LogP contribution >= 0.6 is 11.6 Å². The van der Waals surface area contributed by atoms with Crippen LogP contribution in [-0.2, 0) is 19.7 Å². The van der Waals surface area contributed by atoms with Gasteiger partial charge in [-0.3, -0.25) is 0 Å². The van der Waals surface area contributed by atoms with E-state index in [-0.39, 0.29) is 10.6 Å². The smallest absolute Gasteiger partial charge is 0.181 e. The van der Waals surface area contributed by atoms with Crippen molar-refractivity contribution in [2.75, 3.05) is 17.2 Å². The molecule has 2 N–H and O–H groups in total. The summed E-state index contributed by atoms with van der Waals surface area (Å²) in [5.74, 6) is -0.945. The molecule has 1 aromatic carbocycles. The Balaban J connectivity index is 3.03. The fourth-order valence-electron chi connectivity index (χ4n) is 1.44. The van der Waals surface area contributed by atoms with Gasteiger partial charge in [0, 0.05) is 5.02 Å².